The maximum absolute atomic E-state index is 12.5. The van der Waals surface area contributed by atoms with Crippen molar-refractivity contribution in [1.29, 1.82) is 0 Å². The van der Waals surface area contributed by atoms with Gasteiger partial charge in [0.1, 0.15) is 0 Å². The molecule has 7 heteroatoms. The second-order valence-corrected chi connectivity index (χ2v) is 6.74. The van der Waals surface area contributed by atoms with Crippen molar-refractivity contribution in [3.8, 4) is 5.69 Å². The number of carbonyl (C=O) groups excluding carboxylic acids is 1. The van der Waals surface area contributed by atoms with Crippen LogP contribution in [0.15, 0.2) is 36.5 Å². The number of hydrogen-bond donors (Lipinski definition) is 2. The molecule has 2 N–H and O–H groups in total. The number of nitrogens with one attached hydrogen (secondary N) is 2. The number of piperidine rings is 1. The molecule has 2 amide bonds. The molecular formula is C17H22N6O. The summed E-state index contributed by atoms with van der Waals surface area (Å²) in [7, 11) is 0. The maximum Gasteiger partial charge on any atom is 0.323 e. The Morgan fingerprint density at radius 2 is 2.12 bits per heavy atom. The normalized spacial score (nSPS) is 23.6. The molecule has 0 bridgehead atoms. The zero-order valence-electron chi connectivity index (χ0n) is 13.6. The molecule has 2 saturated heterocycles. The Morgan fingerprint density at radius 3 is 2.92 bits per heavy atom. The summed E-state index contributed by atoms with van der Waals surface area (Å²) in [4.78, 5) is 15.9. The molecule has 1 spiro atoms. The lowest BCUT2D eigenvalue weighted by atomic mass is 9.80. The first-order valence-electron chi connectivity index (χ1n) is 8.49. The summed E-state index contributed by atoms with van der Waals surface area (Å²) in [6.07, 6.45) is 5.05. The van der Waals surface area contributed by atoms with Crippen LogP contribution in [-0.2, 0) is 0 Å². The van der Waals surface area contributed by atoms with E-state index in [4.69, 9.17) is 0 Å². The SMILES string of the molecule is O=C(Nc1cnn(-c2ccccc2)n1)N1CCC2(CCCNC2)C1. The number of aromatic nitrogens is 3. The molecule has 0 saturated carbocycles. The molecule has 1 aromatic heterocycles. The average molecular weight is 326 g/mol. The summed E-state index contributed by atoms with van der Waals surface area (Å²) in [6.45, 7) is 3.73. The van der Waals surface area contributed by atoms with Crippen LogP contribution in [0.1, 0.15) is 19.3 Å². The highest BCUT2D eigenvalue weighted by Crippen LogP contribution is 2.36. The molecule has 2 fully saturated rings. The van der Waals surface area contributed by atoms with E-state index in [1.165, 1.54) is 17.6 Å². The van der Waals surface area contributed by atoms with Gasteiger partial charge in [-0.15, -0.1) is 9.90 Å². The Kier molecular flexibility index (Phi) is 3.93. The van der Waals surface area contributed by atoms with Gasteiger partial charge in [0, 0.05) is 25.0 Å². The number of urea groups is 1. The van der Waals surface area contributed by atoms with Gasteiger partial charge in [0.2, 0.25) is 0 Å². The Hall–Kier alpha value is -2.41. The third-order valence-corrected chi connectivity index (χ3v) is 5.00. The molecular weight excluding hydrogens is 304 g/mol. The molecule has 126 valence electrons. The van der Waals surface area contributed by atoms with Crippen LogP contribution >= 0.6 is 0 Å². The van der Waals surface area contributed by atoms with Crippen molar-refractivity contribution in [2.24, 2.45) is 5.41 Å². The number of carbonyl (C=O) groups is 1. The molecule has 0 aliphatic carbocycles. The number of hydrogen-bond acceptors (Lipinski definition) is 4. The van der Waals surface area contributed by atoms with Gasteiger partial charge in [-0.25, -0.2) is 4.79 Å². The lowest BCUT2D eigenvalue weighted by Gasteiger charge is -2.33. The van der Waals surface area contributed by atoms with Gasteiger partial charge in [-0.05, 0) is 37.9 Å². The Bertz CT molecular complexity index is 707. The Balaban J connectivity index is 1.39. The zero-order chi connectivity index (χ0) is 16.4. The Labute approximate surface area is 141 Å². The summed E-state index contributed by atoms with van der Waals surface area (Å²) in [5.41, 5.74) is 1.13. The number of anilines is 1. The van der Waals surface area contributed by atoms with Gasteiger partial charge in [0.05, 0.1) is 11.9 Å². The predicted octanol–water partition coefficient (Wildman–Crippen LogP) is 1.87. The van der Waals surface area contributed by atoms with Crippen molar-refractivity contribution in [1.82, 2.24) is 25.2 Å². The molecule has 1 unspecified atom stereocenters. The first kappa shape index (κ1) is 15.1. The minimum atomic E-state index is -0.0856. The van der Waals surface area contributed by atoms with Crippen LogP contribution in [0.3, 0.4) is 0 Å². The lowest BCUT2D eigenvalue weighted by molar-refractivity contribution is 0.195. The third kappa shape index (κ3) is 2.99. The Morgan fingerprint density at radius 1 is 1.25 bits per heavy atom. The highest BCUT2D eigenvalue weighted by Gasteiger charge is 2.40. The maximum atomic E-state index is 12.5. The second-order valence-electron chi connectivity index (χ2n) is 6.74. The smallest absolute Gasteiger partial charge is 0.323 e. The van der Waals surface area contributed by atoms with E-state index in [9.17, 15) is 4.79 Å². The van der Waals surface area contributed by atoms with Gasteiger partial charge in [0.15, 0.2) is 5.82 Å². The highest BCUT2D eigenvalue weighted by molar-refractivity contribution is 5.88. The quantitative estimate of drug-likeness (QED) is 0.883. The number of likely N-dealkylation sites (tertiary alicyclic amines) is 1. The number of nitrogens with zero attached hydrogens (tertiary/aromatic N) is 4. The van der Waals surface area contributed by atoms with Crippen LogP contribution in [0, 0.1) is 5.41 Å². The van der Waals surface area contributed by atoms with Crippen LogP contribution in [-0.4, -0.2) is 52.1 Å². The van der Waals surface area contributed by atoms with Crippen LogP contribution in [0.25, 0.3) is 5.69 Å². The van der Waals surface area contributed by atoms with E-state index in [0.717, 1.165) is 38.3 Å². The standard InChI is InChI=1S/C17H22N6O/c24-16(22-10-8-17(13-22)7-4-9-18-12-17)20-15-11-19-23(21-15)14-5-2-1-3-6-14/h1-3,5-6,11,18H,4,7-10,12-13H2,(H,20,21,24). The fourth-order valence-corrected chi connectivity index (χ4v) is 3.68. The summed E-state index contributed by atoms with van der Waals surface area (Å²) in [5, 5.41) is 14.9. The summed E-state index contributed by atoms with van der Waals surface area (Å²) < 4.78 is 0. The number of amides is 2. The third-order valence-electron chi connectivity index (χ3n) is 5.00. The van der Waals surface area contributed by atoms with Gasteiger partial charge >= 0.3 is 6.03 Å². The van der Waals surface area contributed by atoms with E-state index in [2.05, 4.69) is 20.8 Å². The second kappa shape index (κ2) is 6.24. The molecule has 2 aliphatic rings. The van der Waals surface area contributed by atoms with Crippen LogP contribution < -0.4 is 10.6 Å². The lowest BCUT2D eigenvalue weighted by Crippen LogP contribution is -2.43. The van der Waals surface area contributed by atoms with Gasteiger partial charge in [0.25, 0.3) is 0 Å². The molecule has 4 rings (SSSR count). The van der Waals surface area contributed by atoms with Crippen molar-refractivity contribution >= 4 is 11.8 Å². The molecule has 1 aromatic carbocycles. The average Bonchev–Trinajstić information content (AvgIpc) is 3.24. The van der Waals surface area contributed by atoms with E-state index < -0.39 is 0 Å². The van der Waals surface area contributed by atoms with Crippen LogP contribution in [0.4, 0.5) is 10.6 Å². The molecule has 0 radical (unpaired) electrons. The number of para-hydroxylation sites is 1. The predicted molar refractivity (Wildman–Crippen MR) is 91.1 cm³/mol. The van der Waals surface area contributed by atoms with Gasteiger partial charge < -0.3 is 10.2 Å². The van der Waals surface area contributed by atoms with Crippen LogP contribution in [0.5, 0.6) is 0 Å². The van der Waals surface area contributed by atoms with Gasteiger partial charge in [-0.2, -0.15) is 5.10 Å². The van der Waals surface area contributed by atoms with Crippen LogP contribution in [0.2, 0.25) is 0 Å². The largest absolute Gasteiger partial charge is 0.324 e. The van der Waals surface area contributed by atoms with Crippen molar-refractivity contribution in [2.75, 3.05) is 31.5 Å². The summed E-state index contributed by atoms with van der Waals surface area (Å²) in [6, 6.07) is 9.56. The zero-order valence-corrected chi connectivity index (χ0v) is 13.6. The molecule has 2 aromatic rings. The monoisotopic (exact) mass is 326 g/mol. The van der Waals surface area contributed by atoms with Gasteiger partial charge in [-0.1, -0.05) is 18.2 Å². The van der Waals surface area contributed by atoms with Crippen molar-refractivity contribution < 1.29 is 4.79 Å². The summed E-state index contributed by atoms with van der Waals surface area (Å²) >= 11 is 0. The van der Waals surface area contributed by atoms with E-state index in [0.29, 0.717) is 5.82 Å². The molecule has 1 atom stereocenters. The fourth-order valence-electron chi connectivity index (χ4n) is 3.68. The first-order valence-corrected chi connectivity index (χ1v) is 8.49. The topological polar surface area (TPSA) is 75.1 Å². The number of benzene rings is 1. The van der Waals surface area contributed by atoms with E-state index in [-0.39, 0.29) is 11.4 Å². The summed E-state index contributed by atoms with van der Waals surface area (Å²) in [5.74, 6) is 0.478. The highest BCUT2D eigenvalue weighted by atomic mass is 16.2. The molecule has 7 nitrogen and oxygen atoms in total. The van der Waals surface area contributed by atoms with Gasteiger partial charge in [-0.3, -0.25) is 5.32 Å². The van der Waals surface area contributed by atoms with E-state index >= 15 is 0 Å². The van der Waals surface area contributed by atoms with Crippen molar-refractivity contribution in [2.45, 2.75) is 19.3 Å². The fraction of sp³-hybridized carbons (Fsp3) is 0.471. The van der Waals surface area contributed by atoms with Crippen molar-refractivity contribution in [3.05, 3.63) is 36.5 Å². The first-order chi connectivity index (χ1) is 11.7. The number of rotatable bonds is 2. The minimum absolute atomic E-state index is 0.0856. The van der Waals surface area contributed by atoms with E-state index in [1.807, 2.05) is 35.2 Å². The molecule has 3 heterocycles. The van der Waals surface area contributed by atoms with E-state index in [1.54, 1.807) is 6.20 Å². The van der Waals surface area contributed by atoms with Crippen molar-refractivity contribution in [3.63, 3.8) is 0 Å². The minimum Gasteiger partial charge on any atom is -0.324 e. The molecule has 2 aliphatic heterocycles. The molecule has 24 heavy (non-hydrogen) atoms.